The maximum absolute atomic E-state index is 5.35. The number of benzene rings is 1. The lowest BCUT2D eigenvalue weighted by molar-refractivity contribution is 0.201. The van der Waals surface area contributed by atoms with Crippen LogP contribution in [0.1, 0.15) is 5.56 Å². The van der Waals surface area contributed by atoms with Crippen molar-refractivity contribution in [2.45, 2.75) is 5.33 Å². The molecule has 0 aliphatic heterocycles. The summed E-state index contributed by atoms with van der Waals surface area (Å²) < 4.78 is 15.2. The van der Waals surface area contributed by atoms with Crippen molar-refractivity contribution in [2.24, 2.45) is 0 Å². The smallest absolute Gasteiger partial charge is 0.512 e. The Labute approximate surface area is 92.7 Å². The van der Waals surface area contributed by atoms with Gasteiger partial charge >= 0.3 is 7.32 Å². The first-order valence-electron chi connectivity index (χ1n) is 4.17. The molecule has 0 heterocycles. The monoisotopic (exact) mass is 258 g/mol. The van der Waals surface area contributed by atoms with Crippen molar-refractivity contribution in [1.82, 2.24) is 0 Å². The van der Waals surface area contributed by atoms with Crippen molar-refractivity contribution < 1.29 is 14.0 Å². The molecule has 0 atom stereocenters. The molecule has 1 aromatic rings. The Kier molecular flexibility index (Phi) is 5.00. The molecule has 0 amide bonds. The molecule has 0 fully saturated rings. The van der Waals surface area contributed by atoms with Gasteiger partial charge in [-0.3, -0.25) is 0 Å². The molecular weight excluding hydrogens is 247 g/mol. The van der Waals surface area contributed by atoms with E-state index in [4.69, 9.17) is 14.0 Å². The van der Waals surface area contributed by atoms with E-state index in [0.717, 1.165) is 11.1 Å². The number of alkyl halides is 1. The standard InChI is InChI=1S/C9H12BBrO3/c1-12-10(13-2)14-9-5-3-8(7-11)4-6-9/h3-6H,7H2,1-2H3. The van der Waals surface area contributed by atoms with E-state index in [1.54, 1.807) is 0 Å². The molecule has 14 heavy (non-hydrogen) atoms. The second kappa shape index (κ2) is 6.06. The van der Waals surface area contributed by atoms with Crippen LogP contribution in [0.4, 0.5) is 0 Å². The van der Waals surface area contributed by atoms with E-state index >= 15 is 0 Å². The Morgan fingerprint density at radius 3 is 2.14 bits per heavy atom. The van der Waals surface area contributed by atoms with E-state index in [0.29, 0.717) is 0 Å². The predicted molar refractivity (Wildman–Crippen MR) is 59.5 cm³/mol. The van der Waals surface area contributed by atoms with E-state index in [1.807, 2.05) is 24.3 Å². The van der Waals surface area contributed by atoms with Crippen molar-refractivity contribution in [3.8, 4) is 5.75 Å². The van der Waals surface area contributed by atoms with Crippen LogP contribution >= 0.6 is 15.9 Å². The van der Waals surface area contributed by atoms with E-state index in [2.05, 4.69) is 15.9 Å². The summed E-state index contributed by atoms with van der Waals surface area (Å²) in [6.45, 7) is 0. The zero-order chi connectivity index (χ0) is 10.4. The van der Waals surface area contributed by atoms with Gasteiger partial charge in [-0.1, -0.05) is 28.1 Å². The van der Waals surface area contributed by atoms with Crippen LogP contribution in [0.25, 0.3) is 0 Å². The van der Waals surface area contributed by atoms with Crippen LogP contribution in [-0.2, 0) is 14.6 Å². The maximum atomic E-state index is 5.35. The van der Waals surface area contributed by atoms with Crippen LogP contribution < -0.4 is 4.65 Å². The molecule has 0 unspecified atom stereocenters. The van der Waals surface area contributed by atoms with Crippen LogP contribution in [0.2, 0.25) is 0 Å². The van der Waals surface area contributed by atoms with Gasteiger partial charge in [0.1, 0.15) is 5.75 Å². The molecule has 1 rings (SSSR count). The normalized spacial score (nSPS) is 9.93. The molecule has 0 saturated heterocycles. The Morgan fingerprint density at radius 2 is 1.71 bits per heavy atom. The van der Waals surface area contributed by atoms with Crippen molar-refractivity contribution in [1.29, 1.82) is 0 Å². The van der Waals surface area contributed by atoms with Crippen LogP contribution in [0.5, 0.6) is 5.75 Å². The molecule has 0 N–H and O–H groups in total. The van der Waals surface area contributed by atoms with Crippen molar-refractivity contribution in [2.75, 3.05) is 14.2 Å². The minimum Gasteiger partial charge on any atom is -0.512 e. The molecule has 1 aromatic carbocycles. The summed E-state index contributed by atoms with van der Waals surface area (Å²) in [4.78, 5) is 0. The quantitative estimate of drug-likeness (QED) is 0.599. The molecule has 0 radical (unpaired) electrons. The summed E-state index contributed by atoms with van der Waals surface area (Å²) >= 11 is 3.37. The Hall–Kier alpha value is -0.515. The predicted octanol–water partition coefficient (Wildman–Crippen LogP) is 2.24. The summed E-state index contributed by atoms with van der Waals surface area (Å²) in [5, 5.41) is 0.839. The first-order chi connectivity index (χ1) is 6.80. The highest BCUT2D eigenvalue weighted by Gasteiger charge is 2.19. The van der Waals surface area contributed by atoms with Gasteiger partial charge < -0.3 is 14.0 Å². The highest BCUT2D eigenvalue weighted by Crippen LogP contribution is 2.14. The molecule has 0 aromatic heterocycles. The maximum Gasteiger partial charge on any atom is 0.712 e. The Balaban J connectivity index is 2.58. The molecule has 5 heteroatoms. The number of hydrogen-bond acceptors (Lipinski definition) is 3. The first-order valence-corrected chi connectivity index (χ1v) is 5.29. The van der Waals surface area contributed by atoms with Gasteiger partial charge in [-0.05, 0) is 17.7 Å². The first kappa shape index (κ1) is 11.6. The number of halogens is 1. The number of rotatable bonds is 5. The van der Waals surface area contributed by atoms with Gasteiger partial charge in [0.05, 0.1) is 0 Å². The molecule has 76 valence electrons. The van der Waals surface area contributed by atoms with Gasteiger partial charge in [0.15, 0.2) is 0 Å². The molecule has 0 aliphatic carbocycles. The largest absolute Gasteiger partial charge is 0.712 e. The third kappa shape index (κ3) is 3.33. The zero-order valence-corrected chi connectivity index (χ0v) is 9.78. The van der Waals surface area contributed by atoms with Gasteiger partial charge in [0.2, 0.25) is 0 Å². The third-order valence-corrected chi connectivity index (χ3v) is 2.34. The molecule has 0 saturated carbocycles. The van der Waals surface area contributed by atoms with Crippen molar-refractivity contribution in [3.63, 3.8) is 0 Å². The minimum absolute atomic E-state index is 0.648. The minimum atomic E-state index is -0.648. The van der Waals surface area contributed by atoms with Gasteiger partial charge in [-0.2, -0.15) is 0 Å². The second-order valence-corrected chi connectivity index (χ2v) is 3.22. The molecule has 0 aliphatic rings. The zero-order valence-electron chi connectivity index (χ0n) is 8.20. The fourth-order valence-electron chi connectivity index (χ4n) is 0.961. The van der Waals surface area contributed by atoms with E-state index in [1.165, 1.54) is 19.8 Å². The number of hydrogen-bond donors (Lipinski definition) is 0. The summed E-state index contributed by atoms with van der Waals surface area (Å²) in [6, 6.07) is 7.71. The van der Waals surface area contributed by atoms with Gasteiger partial charge in [0.25, 0.3) is 0 Å². The molecular formula is C9H12BBrO3. The van der Waals surface area contributed by atoms with Gasteiger partial charge in [-0.25, -0.2) is 0 Å². The fraction of sp³-hybridized carbons (Fsp3) is 0.333. The fourth-order valence-corrected chi connectivity index (χ4v) is 1.33. The highest BCUT2D eigenvalue weighted by atomic mass is 79.9. The topological polar surface area (TPSA) is 27.7 Å². The molecule has 0 bridgehead atoms. The van der Waals surface area contributed by atoms with Crippen molar-refractivity contribution >= 4 is 23.3 Å². The van der Waals surface area contributed by atoms with Crippen LogP contribution in [-0.4, -0.2) is 21.5 Å². The lowest BCUT2D eigenvalue weighted by Crippen LogP contribution is -2.27. The summed E-state index contributed by atoms with van der Waals surface area (Å²) in [6.07, 6.45) is 0. The molecule has 0 spiro atoms. The Morgan fingerprint density at radius 1 is 1.14 bits per heavy atom. The lowest BCUT2D eigenvalue weighted by Gasteiger charge is -2.10. The molecule has 3 nitrogen and oxygen atoms in total. The van der Waals surface area contributed by atoms with Crippen LogP contribution in [0.15, 0.2) is 24.3 Å². The van der Waals surface area contributed by atoms with Gasteiger partial charge in [-0.15, -0.1) is 0 Å². The lowest BCUT2D eigenvalue weighted by atomic mass is 10.2. The SMILES string of the molecule is COB(OC)Oc1ccc(CBr)cc1. The van der Waals surface area contributed by atoms with E-state index in [-0.39, 0.29) is 0 Å². The summed E-state index contributed by atoms with van der Waals surface area (Å²) in [5.74, 6) is 0.725. The van der Waals surface area contributed by atoms with Crippen molar-refractivity contribution in [3.05, 3.63) is 29.8 Å². The van der Waals surface area contributed by atoms with Crippen LogP contribution in [0, 0.1) is 0 Å². The van der Waals surface area contributed by atoms with E-state index < -0.39 is 7.32 Å². The average molecular weight is 259 g/mol. The highest BCUT2D eigenvalue weighted by molar-refractivity contribution is 9.08. The summed E-state index contributed by atoms with van der Waals surface area (Å²) in [5.41, 5.74) is 1.20. The van der Waals surface area contributed by atoms with Gasteiger partial charge in [0, 0.05) is 19.5 Å². The average Bonchev–Trinajstić information content (AvgIpc) is 2.26. The third-order valence-electron chi connectivity index (χ3n) is 1.69. The van der Waals surface area contributed by atoms with E-state index in [9.17, 15) is 0 Å². The van der Waals surface area contributed by atoms with Crippen LogP contribution in [0.3, 0.4) is 0 Å². The second-order valence-electron chi connectivity index (χ2n) is 2.66. The Bertz CT molecular complexity index is 261. The summed E-state index contributed by atoms with van der Waals surface area (Å²) in [7, 11) is 2.41.